The van der Waals surface area contributed by atoms with E-state index < -0.39 is 0 Å². The fraction of sp³-hybridized carbons (Fsp3) is 0.0357. The summed E-state index contributed by atoms with van der Waals surface area (Å²) in [6.07, 6.45) is 1.60. The lowest BCUT2D eigenvalue weighted by Crippen LogP contribution is -1.95. The third-order valence-electron chi connectivity index (χ3n) is 5.28. The summed E-state index contributed by atoms with van der Waals surface area (Å²) in [5.41, 5.74) is 4.49. The number of H-pyrrole nitrogens is 1. The third-order valence-corrected chi connectivity index (χ3v) is 5.28. The van der Waals surface area contributed by atoms with Crippen molar-refractivity contribution in [3.63, 3.8) is 0 Å². The van der Waals surface area contributed by atoms with Gasteiger partial charge in [0.25, 0.3) is 0 Å². The fourth-order valence-corrected chi connectivity index (χ4v) is 3.57. The summed E-state index contributed by atoms with van der Waals surface area (Å²) in [6.45, 7) is 0.428. The number of ether oxygens (including phenoxy) is 2. The molecule has 1 heterocycles. The second kappa shape index (κ2) is 9.32. The highest BCUT2D eigenvalue weighted by atomic mass is 16.5. The van der Waals surface area contributed by atoms with Crippen LogP contribution in [0, 0.1) is 0 Å². The fourth-order valence-electron chi connectivity index (χ4n) is 3.57. The first-order chi connectivity index (χ1) is 16.3. The van der Waals surface area contributed by atoms with Gasteiger partial charge < -0.3 is 14.6 Å². The number of hydrogen-bond donors (Lipinski definition) is 2. The number of hydrogen-bond acceptors (Lipinski definition) is 4. The van der Waals surface area contributed by atoms with E-state index in [2.05, 4.69) is 22.3 Å². The van der Waals surface area contributed by atoms with Crippen molar-refractivity contribution < 1.29 is 14.6 Å². The van der Waals surface area contributed by atoms with Crippen LogP contribution in [0.5, 0.6) is 23.0 Å². The summed E-state index contributed by atoms with van der Waals surface area (Å²) in [4.78, 5) is 0. The molecule has 0 bridgehead atoms. The summed E-state index contributed by atoms with van der Waals surface area (Å²) < 4.78 is 11.9. The summed E-state index contributed by atoms with van der Waals surface area (Å²) in [7, 11) is 0. The Morgan fingerprint density at radius 3 is 2.12 bits per heavy atom. The van der Waals surface area contributed by atoms with Gasteiger partial charge >= 0.3 is 0 Å². The molecule has 0 atom stereocenters. The molecule has 33 heavy (non-hydrogen) atoms. The van der Waals surface area contributed by atoms with Gasteiger partial charge in [-0.2, -0.15) is 5.10 Å². The Morgan fingerprint density at radius 1 is 0.727 bits per heavy atom. The molecule has 0 aliphatic rings. The van der Waals surface area contributed by atoms with Crippen molar-refractivity contribution in [1.82, 2.24) is 10.2 Å². The Hall–Kier alpha value is -4.51. The summed E-state index contributed by atoms with van der Waals surface area (Å²) in [6, 6.07) is 33.1. The lowest BCUT2D eigenvalue weighted by atomic mass is 10.1. The average Bonchev–Trinajstić information content (AvgIpc) is 3.32. The predicted molar refractivity (Wildman–Crippen MR) is 128 cm³/mol. The van der Waals surface area contributed by atoms with Crippen molar-refractivity contribution in [3.8, 4) is 45.4 Å². The number of aromatic hydroxyl groups is 1. The zero-order chi connectivity index (χ0) is 22.5. The molecule has 5 heteroatoms. The van der Waals surface area contributed by atoms with Crippen molar-refractivity contribution in [2.45, 2.75) is 6.61 Å². The number of benzene rings is 4. The van der Waals surface area contributed by atoms with Gasteiger partial charge in [0, 0.05) is 11.6 Å². The van der Waals surface area contributed by atoms with Crippen LogP contribution in [0.2, 0.25) is 0 Å². The molecule has 0 amide bonds. The van der Waals surface area contributed by atoms with Gasteiger partial charge in [-0.25, -0.2) is 0 Å². The van der Waals surface area contributed by atoms with Gasteiger partial charge in [0.1, 0.15) is 29.5 Å². The van der Waals surface area contributed by atoms with Crippen LogP contribution >= 0.6 is 0 Å². The van der Waals surface area contributed by atoms with Crippen LogP contribution in [-0.4, -0.2) is 15.3 Å². The van der Waals surface area contributed by atoms with Gasteiger partial charge in [0.2, 0.25) is 0 Å². The van der Waals surface area contributed by atoms with Crippen LogP contribution in [0.25, 0.3) is 22.4 Å². The summed E-state index contributed by atoms with van der Waals surface area (Å²) in [5, 5.41) is 17.7. The first-order valence-corrected chi connectivity index (χ1v) is 10.6. The van der Waals surface area contributed by atoms with Crippen molar-refractivity contribution in [3.05, 3.63) is 115 Å². The van der Waals surface area contributed by atoms with E-state index in [1.54, 1.807) is 18.3 Å². The minimum atomic E-state index is 0.0779. The molecule has 4 aromatic carbocycles. The Morgan fingerprint density at radius 2 is 1.39 bits per heavy atom. The van der Waals surface area contributed by atoms with Crippen molar-refractivity contribution in [2.75, 3.05) is 0 Å². The van der Waals surface area contributed by atoms with Crippen LogP contribution in [0.15, 0.2) is 109 Å². The van der Waals surface area contributed by atoms with E-state index in [9.17, 15) is 5.11 Å². The van der Waals surface area contributed by atoms with Crippen LogP contribution in [0.1, 0.15) is 5.56 Å². The second-order valence-corrected chi connectivity index (χ2v) is 7.55. The molecule has 0 saturated heterocycles. The molecule has 0 saturated carbocycles. The van der Waals surface area contributed by atoms with Crippen molar-refractivity contribution in [1.29, 1.82) is 0 Å². The lowest BCUT2D eigenvalue weighted by Gasteiger charge is -2.11. The van der Waals surface area contributed by atoms with E-state index in [1.165, 1.54) is 0 Å². The van der Waals surface area contributed by atoms with Gasteiger partial charge in [-0.05, 0) is 41.0 Å². The number of rotatable bonds is 7. The molecule has 0 radical (unpaired) electrons. The van der Waals surface area contributed by atoms with E-state index in [-0.39, 0.29) is 5.75 Å². The number of aromatic amines is 1. The molecule has 0 spiro atoms. The van der Waals surface area contributed by atoms with E-state index in [0.717, 1.165) is 16.7 Å². The quantitative estimate of drug-likeness (QED) is 0.295. The zero-order valence-corrected chi connectivity index (χ0v) is 17.8. The molecule has 5 nitrogen and oxygen atoms in total. The Bertz CT molecular complexity index is 1330. The second-order valence-electron chi connectivity index (χ2n) is 7.55. The number of nitrogens with one attached hydrogen (secondary N) is 1. The van der Waals surface area contributed by atoms with Crippen LogP contribution in [0.4, 0.5) is 0 Å². The van der Waals surface area contributed by atoms with Gasteiger partial charge in [-0.15, -0.1) is 0 Å². The molecule has 0 aliphatic carbocycles. The number of nitrogens with zero attached hydrogens (tertiary/aromatic N) is 1. The molecule has 5 aromatic rings. The normalized spacial score (nSPS) is 10.7. The zero-order valence-electron chi connectivity index (χ0n) is 17.8. The van der Waals surface area contributed by atoms with Gasteiger partial charge in [-0.3, -0.25) is 5.10 Å². The molecule has 2 N–H and O–H groups in total. The molecule has 162 valence electrons. The molecule has 1 aromatic heterocycles. The summed E-state index contributed by atoms with van der Waals surface area (Å²) in [5.74, 6) is 1.86. The van der Waals surface area contributed by atoms with Crippen LogP contribution in [-0.2, 0) is 6.61 Å². The Kier molecular flexibility index (Phi) is 5.76. The van der Waals surface area contributed by atoms with E-state index in [0.29, 0.717) is 35.1 Å². The molecule has 0 fully saturated rings. The highest BCUT2D eigenvalue weighted by Gasteiger charge is 2.15. The van der Waals surface area contributed by atoms with Gasteiger partial charge in [-0.1, -0.05) is 72.8 Å². The minimum Gasteiger partial charge on any atom is -0.507 e. The topological polar surface area (TPSA) is 67.4 Å². The van der Waals surface area contributed by atoms with Crippen molar-refractivity contribution in [2.24, 2.45) is 0 Å². The first kappa shape index (κ1) is 20.4. The molecular weight excluding hydrogens is 412 g/mol. The monoisotopic (exact) mass is 434 g/mol. The molecule has 5 rings (SSSR count). The highest BCUT2D eigenvalue weighted by molar-refractivity contribution is 5.73. The largest absolute Gasteiger partial charge is 0.507 e. The number of aromatic nitrogens is 2. The molecule has 0 aliphatic heterocycles. The van der Waals surface area contributed by atoms with E-state index >= 15 is 0 Å². The van der Waals surface area contributed by atoms with Gasteiger partial charge in [0.05, 0.1) is 6.20 Å². The number of phenolic OH excluding ortho intramolecular Hbond substituents is 1. The summed E-state index contributed by atoms with van der Waals surface area (Å²) >= 11 is 0. The van der Waals surface area contributed by atoms with Gasteiger partial charge in [0.15, 0.2) is 5.75 Å². The predicted octanol–water partition coefficient (Wildman–Crippen LogP) is 6.82. The third kappa shape index (κ3) is 4.72. The molecular formula is C28H22N2O3. The maximum atomic E-state index is 10.6. The SMILES string of the molecule is Oc1cc(OCc2ccccc2)ccc1-c1[nH]ncc1Oc1ccc(-c2ccccc2)cc1. The van der Waals surface area contributed by atoms with E-state index in [4.69, 9.17) is 9.47 Å². The highest BCUT2D eigenvalue weighted by Crippen LogP contribution is 2.38. The number of phenols is 1. The Balaban J connectivity index is 1.31. The Labute approximate surface area is 191 Å². The van der Waals surface area contributed by atoms with Crippen LogP contribution in [0.3, 0.4) is 0 Å². The maximum Gasteiger partial charge on any atom is 0.173 e. The standard InChI is InChI=1S/C28H22N2O3/c31-26-17-24(32-19-20-7-3-1-4-8-20)15-16-25(26)28-27(18-29-30-28)33-23-13-11-22(12-14-23)21-9-5-2-6-10-21/h1-18,31H,19H2,(H,29,30). The average molecular weight is 434 g/mol. The van der Waals surface area contributed by atoms with Crippen LogP contribution < -0.4 is 9.47 Å². The molecule has 0 unspecified atom stereocenters. The maximum absolute atomic E-state index is 10.6. The minimum absolute atomic E-state index is 0.0779. The van der Waals surface area contributed by atoms with E-state index in [1.807, 2.05) is 78.9 Å². The van der Waals surface area contributed by atoms with Crippen molar-refractivity contribution >= 4 is 0 Å². The lowest BCUT2D eigenvalue weighted by molar-refractivity contribution is 0.304. The first-order valence-electron chi connectivity index (χ1n) is 10.6. The smallest absolute Gasteiger partial charge is 0.173 e.